The van der Waals surface area contributed by atoms with Gasteiger partial charge in [0.15, 0.2) is 0 Å². The van der Waals surface area contributed by atoms with Gasteiger partial charge in [-0.1, -0.05) is 12.1 Å². The third kappa shape index (κ3) is 4.69. The molecule has 0 bridgehead atoms. The van der Waals surface area contributed by atoms with E-state index in [4.69, 9.17) is 4.42 Å². The summed E-state index contributed by atoms with van der Waals surface area (Å²) in [6.07, 6.45) is 1.56. The van der Waals surface area contributed by atoms with Crippen LogP contribution in [0.25, 0.3) is 0 Å². The zero-order chi connectivity index (χ0) is 17.6. The van der Waals surface area contributed by atoms with Crippen LogP contribution in [-0.4, -0.2) is 11.8 Å². The molecule has 25 heavy (non-hydrogen) atoms. The van der Waals surface area contributed by atoms with Crippen molar-refractivity contribution in [2.24, 2.45) is 0 Å². The molecule has 126 valence electrons. The van der Waals surface area contributed by atoms with Crippen LogP contribution in [0.15, 0.2) is 71.3 Å². The number of rotatable bonds is 5. The third-order valence-electron chi connectivity index (χ3n) is 3.47. The Balaban J connectivity index is 1.66. The average molecular weight is 446 g/mol. The van der Waals surface area contributed by atoms with Crippen LogP contribution in [0.3, 0.4) is 0 Å². The van der Waals surface area contributed by atoms with Gasteiger partial charge < -0.3 is 15.1 Å². The highest BCUT2D eigenvalue weighted by atomic mass is 127. The molecule has 0 fully saturated rings. The molecule has 0 spiro atoms. The Morgan fingerprint density at radius 1 is 0.920 bits per heavy atom. The summed E-state index contributed by atoms with van der Waals surface area (Å²) in [5.41, 5.74) is 1.60. The molecule has 3 rings (SSSR count). The standard InChI is InChI=1S/C19H15IN2O3/c20-15-6-1-4-13(10-15)19(24)22-16-7-2-5-14(11-16)18(23)21-12-17-8-3-9-25-17/h1-11H,12H2,(H,21,23)(H,22,24). The van der Waals surface area contributed by atoms with E-state index in [0.29, 0.717) is 29.1 Å². The second-order valence-electron chi connectivity index (χ2n) is 5.31. The highest BCUT2D eigenvalue weighted by molar-refractivity contribution is 14.1. The Bertz CT molecular complexity index is 891. The first kappa shape index (κ1) is 17.2. The summed E-state index contributed by atoms with van der Waals surface area (Å²) >= 11 is 2.16. The highest BCUT2D eigenvalue weighted by Gasteiger charge is 2.10. The van der Waals surface area contributed by atoms with Crippen molar-refractivity contribution in [3.05, 3.63) is 87.4 Å². The van der Waals surface area contributed by atoms with E-state index in [0.717, 1.165) is 3.57 Å². The second kappa shape index (κ2) is 7.98. The van der Waals surface area contributed by atoms with Crippen LogP contribution < -0.4 is 10.6 Å². The third-order valence-corrected chi connectivity index (χ3v) is 4.14. The van der Waals surface area contributed by atoms with E-state index in [1.165, 1.54) is 0 Å². The molecule has 1 heterocycles. The minimum atomic E-state index is -0.234. The number of anilines is 1. The lowest BCUT2D eigenvalue weighted by Gasteiger charge is -2.08. The molecule has 5 nitrogen and oxygen atoms in total. The van der Waals surface area contributed by atoms with Crippen molar-refractivity contribution < 1.29 is 14.0 Å². The maximum atomic E-state index is 12.3. The van der Waals surface area contributed by atoms with E-state index in [-0.39, 0.29) is 11.8 Å². The number of carbonyl (C=O) groups is 2. The molecular weight excluding hydrogens is 431 g/mol. The van der Waals surface area contributed by atoms with Gasteiger partial charge in [-0.05, 0) is 71.1 Å². The number of hydrogen-bond donors (Lipinski definition) is 2. The van der Waals surface area contributed by atoms with E-state index in [1.807, 2.05) is 12.1 Å². The summed E-state index contributed by atoms with van der Waals surface area (Å²) in [7, 11) is 0. The molecular formula is C19H15IN2O3. The van der Waals surface area contributed by atoms with Crippen LogP contribution in [0, 0.1) is 3.57 Å². The van der Waals surface area contributed by atoms with Crippen LogP contribution in [-0.2, 0) is 6.54 Å². The number of furan rings is 1. The van der Waals surface area contributed by atoms with Crippen LogP contribution in [0.4, 0.5) is 5.69 Å². The Morgan fingerprint density at radius 3 is 2.40 bits per heavy atom. The number of amides is 2. The van der Waals surface area contributed by atoms with E-state index >= 15 is 0 Å². The molecule has 0 saturated carbocycles. The van der Waals surface area contributed by atoms with Crippen molar-refractivity contribution in [2.45, 2.75) is 6.54 Å². The lowest BCUT2D eigenvalue weighted by atomic mass is 10.1. The van der Waals surface area contributed by atoms with Crippen LogP contribution in [0.5, 0.6) is 0 Å². The van der Waals surface area contributed by atoms with E-state index in [1.54, 1.807) is 54.8 Å². The minimum Gasteiger partial charge on any atom is -0.467 e. The van der Waals surface area contributed by atoms with Gasteiger partial charge in [-0.2, -0.15) is 0 Å². The Labute approximate surface area is 158 Å². The SMILES string of the molecule is O=C(NCc1ccco1)c1cccc(NC(=O)c2cccc(I)c2)c1. The molecule has 0 unspecified atom stereocenters. The number of hydrogen-bond acceptors (Lipinski definition) is 3. The summed E-state index contributed by atoms with van der Waals surface area (Å²) in [6, 6.07) is 17.7. The molecule has 0 aliphatic heterocycles. The topological polar surface area (TPSA) is 71.3 Å². The fourth-order valence-electron chi connectivity index (χ4n) is 2.25. The van der Waals surface area contributed by atoms with Crippen molar-refractivity contribution in [2.75, 3.05) is 5.32 Å². The fraction of sp³-hybridized carbons (Fsp3) is 0.0526. The summed E-state index contributed by atoms with van der Waals surface area (Å²) in [6.45, 7) is 0.310. The van der Waals surface area contributed by atoms with Gasteiger partial charge in [0.1, 0.15) is 5.76 Å². The largest absolute Gasteiger partial charge is 0.467 e. The first-order chi connectivity index (χ1) is 12.1. The smallest absolute Gasteiger partial charge is 0.255 e. The summed E-state index contributed by atoms with van der Waals surface area (Å²) in [5, 5.41) is 5.58. The van der Waals surface area contributed by atoms with Gasteiger partial charge >= 0.3 is 0 Å². The minimum absolute atomic E-state index is 0.216. The predicted octanol–water partition coefficient (Wildman–Crippen LogP) is 4.07. The zero-order valence-corrected chi connectivity index (χ0v) is 15.3. The number of carbonyl (C=O) groups excluding carboxylic acids is 2. The van der Waals surface area contributed by atoms with Gasteiger partial charge in [0.25, 0.3) is 11.8 Å². The molecule has 2 aromatic carbocycles. The zero-order valence-electron chi connectivity index (χ0n) is 13.2. The number of benzene rings is 2. The highest BCUT2D eigenvalue weighted by Crippen LogP contribution is 2.14. The molecule has 1 aromatic heterocycles. The molecule has 0 aliphatic rings. The van der Waals surface area contributed by atoms with Gasteiger partial charge in [-0.15, -0.1) is 0 Å². The van der Waals surface area contributed by atoms with E-state index < -0.39 is 0 Å². The van der Waals surface area contributed by atoms with Gasteiger partial charge in [0.05, 0.1) is 12.8 Å². The normalized spacial score (nSPS) is 10.3. The van der Waals surface area contributed by atoms with Gasteiger partial charge in [0.2, 0.25) is 0 Å². The molecule has 0 atom stereocenters. The van der Waals surface area contributed by atoms with Gasteiger partial charge in [0, 0.05) is 20.4 Å². The second-order valence-corrected chi connectivity index (χ2v) is 6.55. The molecule has 2 amide bonds. The number of nitrogens with one attached hydrogen (secondary N) is 2. The van der Waals surface area contributed by atoms with Gasteiger partial charge in [-0.25, -0.2) is 0 Å². The van der Waals surface area contributed by atoms with E-state index in [2.05, 4.69) is 33.2 Å². The van der Waals surface area contributed by atoms with Crippen molar-refractivity contribution in [3.63, 3.8) is 0 Å². The summed E-state index contributed by atoms with van der Waals surface area (Å²) in [5.74, 6) is 0.227. The fourth-order valence-corrected chi connectivity index (χ4v) is 2.80. The van der Waals surface area contributed by atoms with Crippen LogP contribution >= 0.6 is 22.6 Å². The Kier molecular flexibility index (Phi) is 5.49. The molecule has 6 heteroatoms. The van der Waals surface area contributed by atoms with Crippen molar-refractivity contribution in [1.29, 1.82) is 0 Å². The van der Waals surface area contributed by atoms with Crippen LogP contribution in [0.1, 0.15) is 26.5 Å². The Morgan fingerprint density at radius 2 is 1.68 bits per heavy atom. The molecule has 2 N–H and O–H groups in total. The molecule has 3 aromatic rings. The maximum Gasteiger partial charge on any atom is 0.255 e. The molecule has 0 saturated heterocycles. The van der Waals surface area contributed by atoms with Crippen LogP contribution in [0.2, 0.25) is 0 Å². The lowest BCUT2D eigenvalue weighted by molar-refractivity contribution is 0.0946. The average Bonchev–Trinajstić information content (AvgIpc) is 3.13. The van der Waals surface area contributed by atoms with Gasteiger partial charge in [-0.3, -0.25) is 9.59 Å². The Hall–Kier alpha value is -2.61. The molecule has 0 radical (unpaired) electrons. The molecule has 0 aliphatic carbocycles. The predicted molar refractivity (Wildman–Crippen MR) is 103 cm³/mol. The quantitative estimate of drug-likeness (QED) is 0.581. The summed E-state index contributed by atoms with van der Waals surface area (Å²) in [4.78, 5) is 24.5. The summed E-state index contributed by atoms with van der Waals surface area (Å²) < 4.78 is 6.17. The number of halogens is 1. The monoisotopic (exact) mass is 446 g/mol. The lowest BCUT2D eigenvalue weighted by Crippen LogP contribution is -2.22. The van der Waals surface area contributed by atoms with Crippen molar-refractivity contribution >= 4 is 40.1 Å². The maximum absolute atomic E-state index is 12.3. The van der Waals surface area contributed by atoms with E-state index in [9.17, 15) is 9.59 Å². The van der Waals surface area contributed by atoms with Crippen molar-refractivity contribution in [3.8, 4) is 0 Å². The first-order valence-corrected chi connectivity index (χ1v) is 8.67. The first-order valence-electron chi connectivity index (χ1n) is 7.59. The van der Waals surface area contributed by atoms with Crippen molar-refractivity contribution in [1.82, 2.24) is 5.32 Å².